The van der Waals surface area contributed by atoms with Gasteiger partial charge in [-0.15, -0.1) is 11.3 Å². The highest BCUT2D eigenvalue weighted by Gasteiger charge is 2.08. The molecular formula is C19H19FN2OS. The van der Waals surface area contributed by atoms with Gasteiger partial charge in [0, 0.05) is 24.0 Å². The number of nitrogens with zero attached hydrogens (tertiary/aromatic N) is 2. The van der Waals surface area contributed by atoms with E-state index in [1.54, 1.807) is 18.4 Å². The van der Waals surface area contributed by atoms with Crippen molar-refractivity contribution in [3.05, 3.63) is 71.0 Å². The molecule has 0 radical (unpaired) electrons. The van der Waals surface area contributed by atoms with Crippen LogP contribution in [-0.2, 0) is 13.1 Å². The summed E-state index contributed by atoms with van der Waals surface area (Å²) in [5.74, 6) is 0.639. The van der Waals surface area contributed by atoms with Gasteiger partial charge in [0.2, 0.25) is 0 Å². The van der Waals surface area contributed by atoms with Gasteiger partial charge in [-0.05, 0) is 49.0 Å². The predicted molar refractivity (Wildman–Crippen MR) is 95.7 cm³/mol. The summed E-state index contributed by atoms with van der Waals surface area (Å²) in [6.45, 7) is 1.51. The Kier molecular flexibility index (Phi) is 5.23. The Bertz CT molecular complexity index is 784. The molecule has 0 N–H and O–H groups in total. The molecule has 0 fully saturated rings. The van der Waals surface area contributed by atoms with Gasteiger partial charge in [-0.2, -0.15) is 0 Å². The smallest absolute Gasteiger partial charge is 0.123 e. The van der Waals surface area contributed by atoms with Crippen LogP contribution in [0.15, 0.2) is 53.9 Å². The van der Waals surface area contributed by atoms with Gasteiger partial charge in [-0.1, -0.05) is 12.1 Å². The molecule has 0 saturated heterocycles. The third-order valence-electron chi connectivity index (χ3n) is 3.69. The highest BCUT2D eigenvalue weighted by atomic mass is 32.1. The van der Waals surface area contributed by atoms with Crippen LogP contribution in [0.4, 0.5) is 4.39 Å². The van der Waals surface area contributed by atoms with Crippen LogP contribution >= 0.6 is 11.3 Å². The summed E-state index contributed by atoms with van der Waals surface area (Å²) in [5.41, 5.74) is 3.22. The summed E-state index contributed by atoms with van der Waals surface area (Å²) < 4.78 is 18.1. The van der Waals surface area contributed by atoms with E-state index >= 15 is 0 Å². The highest BCUT2D eigenvalue weighted by Crippen LogP contribution is 2.26. The van der Waals surface area contributed by atoms with Crippen LogP contribution < -0.4 is 4.74 Å². The Labute approximate surface area is 145 Å². The average Bonchev–Trinajstić information content (AvgIpc) is 3.05. The molecule has 1 heterocycles. The number of ether oxygens (including phenoxy) is 1. The molecule has 0 bridgehead atoms. The van der Waals surface area contributed by atoms with Crippen LogP contribution in [0.5, 0.6) is 5.75 Å². The minimum absolute atomic E-state index is 0.204. The number of hydrogen-bond acceptors (Lipinski definition) is 4. The maximum Gasteiger partial charge on any atom is 0.123 e. The summed E-state index contributed by atoms with van der Waals surface area (Å²) in [7, 11) is 3.70. The molecule has 0 aliphatic rings. The minimum Gasteiger partial charge on any atom is -0.497 e. The zero-order valence-corrected chi connectivity index (χ0v) is 14.5. The molecule has 0 aliphatic carbocycles. The Morgan fingerprint density at radius 1 is 1.04 bits per heavy atom. The number of methoxy groups -OCH3 is 1. The summed E-state index contributed by atoms with van der Waals surface area (Å²) in [6.07, 6.45) is 0. The molecule has 24 heavy (non-hydrogen) atoms. The van der Waals surface area contributed by atoms with Crippen LogP contribution in [0.25, 0.3) is 10.6 Å². The van der Waals surface area contributed by atoms with Crippen molar-refractivity contribution in [1.29, 1.82) is 0 Å². The highest BCUT2D eigenvalue weighted by molar-refractivity contribution is 7.13. The third kappa shape index (κ3) is 4.19. The second-order valence-corrected chi connectivity index (χ2v) is 6.53. The number of aromatic nitrogens is 1. The van der Waals surface area contributed by atoms with E-state index in [2.05, 4.69) is 10.3 Å². The number of benzene rings is 2. The van der Waals surface area contributed by atoms with E-state index in [1.165, 1.54) is 12.1 Å². The van der Waals surface area contributed by atoms with Crippen molar-refractivity contribution >= 4 is 11.3 Å². The maximum atomic E-state index is 13.0. The zero-order valence-electron chi connectivity index (χ0n) is 13.7. The molecule has 5 heteroatoms. The van der Waals surface area contributed by atoms with Crippen LogP contribution in [0, 0.1) is 5.82 Å². The maximum absolute atomic E-state index is 13.0. The van der Waals surface area contributed by atoms with Gasteiger partial charge >= 0.3 is 0 Å². The van der Waals surface area contributed by atoms with E-state index in [0.29, 0.717) is 0 Å². The predicted octanol–water partition coefficient (Wildman–Crippen LogP) is 4.59. The van der Waals surface area contributed by atoms with Crippen molar-refractivity contribution in [2.75, 3.05) is 14.2 Å². The summed E-state index contributed by atoms with van der Waals surface area (Å²) in [4.78, 5) is 6.87. The van der Waals surface area contributed by atoms with Gasteiger partial charge in [-0.25, -0.2) is 9.37 Å². The molecule has 0 unspecified atom stereocenters. The third-order valence-corrected chi connectivity index (χ3v) is 4.63. The number of thiazole rings is 1. The van der Waals surface area contributed by atoms with Crippen molar-refractivity contribution in [3.63, 3.8) is 0 Å². The number of rotatable bonds is 6. The first-order valence-electron chi connectivity index (χ1n) is 7.66. The second-order valence-electron chi connectivity index (χ2n) is 5.67. The molecule has 3 nitrogen and oxygen atoms in total. The molecule has 0 amide bonds. The zero-order chi connectivity index (χ0) is 16.9. The molecule has 0 spiro atoms. The fourth-order valence-electron chi connectivity index (χ4n) is 2.48. The fraction of sp³-hybridized carbons (Fsp3) is 0.211. The Balaban J connectivity index is 1.63. The van der Waals surface area contributed by atoms with Crippen molar-refractivity contribution < 1.29 is 9.13 Å². The van der Waals surface area contributed by atoms with E-state index in [4.69, 9.17) is 9.72 Å². The molecule has 0 atom stereocenters. The van der Waals surface area contributed by atoms with Gasteiger partial charge in [0.05, 0.1) is 12.8 Å². The molecule has 3 rings (SSSR count). The summed E-state index contributed by atoms with van der Waals surface area (Å²) in [6, 6.07) is 14.5. The van der Waals surface area contributed by atoms with Gasteiger partial charge in [-0.3, -0.25) is 4.90 Å². The van der Waals surface area contributed by atoms with Crippen LogP contribution in [0.2, 0.25) is 0 Å². The van der Waals surface area contributed by atoms with Crippen molar-refractivity contribution in [2.45, 2.75) is 13.1 Å². The Hall–Kier alpha value is -2.24. The summed E-state index contributed by atoms with van der Waals surface area (Å²) >= 11 is 1.64. The molecule has 0 saturated carbocycles. The van der Waals surface area contributed by atoms with Gasteiger partial charge < -0.3 is 4.74 Å². The lowest BCUT2D eigenvalue weighted by atomic mass is 10.2. The fourth-order valence-corrected chi connectivity index (χ4v) is 3.30. The molecule has 3 aromatic rings. The largest absolute Gasteiger partial charge is 0.497 e. The quantitative estimate of drug-likeness (QED) is 0.655. The lowest BCUT2D eigenvalue weighted by Crippen LogP contribution is -2.17. The van der Waals surface area contributed by atoms with Crippen molar-refractivity contribution in [2.24, 2.45) is 0 Å². The Morgan fingerprint density at radius 2 is 1.75 bits per heavy atom. The second kappa shape index (κ2) is 7.55. The average molecular weight is 342 g/mol. The molecule has 1 aromatic heterocycles. The monoisotopic (exact) mass is 342 g/mol. The van der Waals surface area contributed by atoms with E-state index < -0.39 is 0 Å². The van der Waals surface area contributed by atoms with Crippen molar-refractivity contribution in [3.8, 4) is 16.3 Å². The molecule has 0 aliphatic heterocycles. The van der Waals surface area contributed by atoms with Gasteiger partial charge in [0.1, 0.15) is 16.6 Å². The number of halogens is 1. The Morgan fingerprint density at radius 3 is 2.42 bits per heavy atom. The first-order valence-corrected chi connectivity index (χ1v) is 8.54. The van der Waals surface area contributed by atoms with E-state index in [1.807, 2.05) is 43.4 Å². The van der Waals surface area contributed by atoms with Gasteiger partial charge in [0.25, 0.3) is 0 Å². The topological polar surface area (TPSA) is 25.4 Å². The van der Waals surface area contributed by atoms with Crippen LogP contribution in [0.1, 0.15) is 11.3 Å². The van der Waals surface area contributed by atoms with Crippen molar-refractivity contribution in [1.82, 2.24) is 9.88 Å². The van der Waals surface area contributed by atoms with E-state index in [-0.39, 0.29) is 5.82 Å². The first kappa shape index (κ1) is 16.6. The standard InChI is InChI=1S/C19H19FN2OS/c1-22(11-14-3-7-16(20)8-4-14)12-17-13-24-19(21-17)15-5-9-18(23-2)10-6-15/h3-10,13H,11-12H2,1-2H3. The normalized spacial score (nSPS) is 11.0. The van der Waals surface area contributed by atoms with E-state index in [0.717, 1.165) is 40.7 Å². The number of hydrogen-bond donors (Lipinski definition) is 0. The minimum atomic E-state index is -0.204. The lowest BCUT2D eigenvalue weighted by Gasteiger charge is -2.15. The first-order chi connectivity index (χ1) is 11.6. The lowest BCUT2D eigenvalue weighted by molar-refractivity contribution is 0.315. The molecule has 2 aromatic carbocycles. The van der Waals surface area contributed by atoms with E-state index in [9.17, 15) is 4.39 Å². The molecule has 124 valence electrons. The molecular weight excluding hydrogens is 323 g/mol. The van der Waals surface area contributed by atoms with Crippen LogP contribution in [0.3, 0.4) is 0 Å². The summed E-state index contributed by atoms with van der Waals surface area (Å²) in [5, 5.41) is 3.09. The van der Waals surface area contributed by atoms with Crippen LogP contribution in [-0.4, -0.2) is 24.0 Å². The SMILES string of the molecule is COc1ccc(-c2nc(CN(C)Cc3ccc(F)cc3)cs2)cc1. The van der Waals surface area contributed by atoms with Gasteiger partial charge in [0.15, 0.2) is 0 Å².